The molecule has 0 saturated heterocycles. The molecule has 1 N–H and O–H groups in total. The molecular formula is C12H15NS. The summed E-state index contributed by atoms with van der Waals surface area (Å²) < 4.78 is 0. The summed E-state index contributed by atoms with van der Waals surface area (Å²) in [6.45, 7) is 8.48. The molecule has 0 fully saturated rings. The summed E-state index contributed by atoms with van der Waals surface area (Å²) in [5.41, 5.74) is 4.09. The van der Waals surface area contributed by atoms with E-state index in [0.717, 1.165) is 19.5 Å². The summed E-state index contributed by atoms with van der Waals surface area (Å²) in [5.74, 6) is 0. The van der Waals surface area contributed by atoms with Crippen molar-refractivity contribution in [2.45, 2.75) is 13.3 Å². The normalized spacial score (nSPS) is 17.2. The Morgan fingerprint density at radius 1 is 1.57 bits per heavy atom. The van der Waals surface area contributed by atoms with Crippen molar-refractivity contribution in [3.05, 3.63) is 40.1 Å². The average Bonchev–Trinajstić information content (AvgIpc) is 2.70. The first-order valence-electron chi connectivity index (χ1n) is 4.91. The van der Waals surface area contributed by atoms with Crippen LogP contribution in [0.2, 0.25) is 0 Å². The van der Waals surface area contributed by atoms with E-state index >= 15 is 0 Å². The molecule has 0 amide bonds. The molecule has 0 saturated carbocycles. The monoisotopic (exact) mass is 205 g/mol. The lowest BCUT2D eigenvalue weighted by Gasteiger charge is -2.20. The van der Waals surface area contributed by atoms with E-state index in [4.69, 9.17) is 0 Å². The summed E-state index contributed by atoms with van der Waals surface area (Å²) in [4.78, 5) is 1.29. The van der Waals surface area contributed by atoms with Gasteiger partial charge in [-0.3, -0.25) is 0 Å². The van der Waals surface area contributed by atoms with Crippen molar-refractivity contribution in [1.82, 2.24) is 5.32 Å². The lowest BCUT2D eigenvalue weighted by atomic mass is 9.96. The topological polar surface area (TPSA) is 12.0 Å². The molecule has 0 bridgehead atoms. The Morgan fingerprint density at radius 2 is 2.43 bits per heavy atom. The fourth-order valence-electron chi connectivity index (χ4n) is 1.75. The first-order valence-corrected chi connectivity index (χ1v) is 5.79. The molecule has 0 aliphatic carbocycles. The Kier molecular flexibility index (Phi) is 2.85. The van der Waals surface area contributed by atoms with E-state index in [1.54, 1.807) is 11.3 Å². The van der Waals surface area contributed by atoms with Crippen molar-refractivity contribution < 1.29 is 0 Å². The van der Waals surface area contributed by atoms with E-state index in [1.807, 2.05) is 0 Å². The molecule has 14 heavy (non-hydrogen) atoms. The zero-order valence-corrected chi connectivity index (χ0v) is 9.29. The van der Waals surface area contributed by atoms with Gasteiger partial charge >= 0.3 is 0 Å². The molecule has 2 heterocycles. The standard InChI is InChI=1S/C12H15NS/c1-9-5-6-13-8-11(9)10(2)12-4-3-7-14-12/h3-4,7,13H,2,5-6,8H2,1H3. The first-order chi connectivity index (χ1) is 6.79. The predicted molar refractivity (Wildman–Crippen MR) is 63.5 cm³/mol. The van der Waals surface area contributed by atoms with Gasteiger partial charge in [0.15, 0.2) is 0 Å². The predicted octanol–water partition coefficient (Wildman–Crippen LogP) is 3.07. The van der Waals surface area contributed by atoms with Crippen molar-refractivity contribution in [2.75, 3.05) is 13.1 Å². The number of hydrogen-bond acceptors (Lipinski definition) is 2. The minimum Gasteiger partial charge on any atom is -0.312 e. The van der Waals surface area contributed by atoms with Gasteiger partial charge in [-0.1, -0.05) is 18.2 Å². The number of thiophene rings is 1. The Labute approximate surface area is 89.2 Å². The van der Waals surface area contributed by atoms with Crippen LogP contribution in [0.25, 0.3) is 5.57 Å². The van der Waals surface area contributed by atoms with Crippen LogP contribution in [0.5, 0.6) is 0 Å². The molecule has 1 aromatic heterocycles. The number of hydrogen-bond donors (Lipinski definition) is 1. The van der Waals surface area contributed by atoms with Crippen LogP contribution in [0, 0.1) is 0 Å². The van der Waals surface area contributed by atoms with Gasteiger partial charge in [0.2, 0.25) is 0 Å². The summed E-state index contributed by atoms with van der Waals surface area (Å²) in [6, 6.07) is 4.22. The third kappa shape index (κ3) is 1.81. The van der Waals surface area contributed by atoms with E-state index in [2.05, 4.69) is 36.3 Å². The van der Waals surface area contributed by atoms with Crippen molar-refractivity contribution >= 4 is 16.9 Å². The van der Waals surface area contributed by atoms with Gasteiger partial charge in [0.25, 0.3) is 0 Å². The van der Waals surface area contributed by atoms with Gasteiger partial charge in [-0.2, -0.15) is 0 Å². The second-order valence-corrected chi connectivity index (χ2v) is 4.59. The molecule has 1 aliphatic heterocycles. The zero-order chi connectivity index (χ0) is 9.97. The van der Waals surface area contributed by atoms with Crippen LogP contribution < -0.4 is 5.32 Å². The molecule has 2 heteroatoms. The quantitative estimate of drug-likeness (QED) is 0.782. The molecule has 0 aromatic carbocycles. The fourth-order valence-corrected chi connectivity index (χ4v) is 2.48. The highest BCUT2D eigenvalue weighted by Gasteiger charge is 2.13. The van der Waals surface area contributed by atoms with Gasteiger partial charge in [-0.05, 0) is 42.5 Å². The largest absolute Gasteiger partial charge is 0.312 e. The second kappa shape index (κ2) is 4.11. The van der Waals surface area contributed by atoms with Crippen LogP contribution in [0.4, 0.5) is 0 Å². The van der Waals surface area contributed by atoms with Crippen molar-refractivity contribution in [3.63, 3.8) is 0 Å². The van der Waals surface area contributed by atoms with Crippen molar-refractivity contribution in [1.29, 1.82) is 0 Å². The maximum atomic E-state index is 4.18. The SMILES string of the molecule is C=C(C1=C(C)CCNC1)c1cccs1. The van der Waals surface area contributed by atoms with Crippen LogP contribution in [0.3, 0.4) is 0 Å². The summed E-state index contributed by atoms with van der Waals surface area (Å²) in [5, 5.41) is 5.50. The van der Waals surface area contributed by atoms with Crippen LogP contribution >= 0.6 is 11.3 Å². The molecule has 74 valence electrons. The number of nitrogens with one attached hydrogen (secondary N) is 1. The van der Waals surface area contributed by atoms with E-state index in [1.165, 1.54) is 21.6 Å². The summed E-state index contributed by atoms with van der Waals surface area (Å²) in [6.07, 6.45) is 1.15. The molecule has 1 aliphatic rings. The lowest BCUT2D eigenvalue weighted by molar-refractivity contribution is 0.689. The first kappa shape index (κ1) is 9.69. The zero-order valence-electron chi connectivity index (χ0n) is 8.47. The van der Waals surface area contributed by atoms with Gasteiger partial charge < -0.3 is 5.32 Å². The summed E-state index contributed by atoms with van der Waals surface area (Å²) >= 11 is 1.77. The fraction of sp³-hybridized carbons (Fsp3) is 0.333. The molecule has 0 spiro atoms. The smallest absolute Gasteiger partial charge is 0.0339 e. The van der Waals surface area contributed by atoms with Gasteiger partial charge in [0.1, 0.15) is 0 Å². The third-order valence-corrected chi connectivity index (χ3v) is 3.61. The second-order valence-electron chi connectivity index (χ2n) is 3.64. The van der Waals surface area contributed by atoms with Crippen LogP contribution in [-0.2, 0) is 0 Å². The number of rotatable bonds is 2. The molecular weight excluding hydrogens is 190 g/mol. The van der Waals surface area contributed by atoms with E-state index in [9.17, 15) is 0 Å². The van der Waals surface area contributed by atoms with Crippen LogP contribution in [0.15, 0.2) is 35.2 Å². The molecule has 0 atom stereocenters. The molecule has 1 aromatic rings. The van der Waals surface area contributed by atoms with Gasteiger partial charge in [-0.15, -0.1) is 11.3 Å². The Morgan fingerprint density at radius 3 is 3.07 bits per heavy atom. The van der Waals surface area contributed by atoms with Crippen molar-refractivity contribution in [2.24, 2.45) is 0 Å². The van der Waals surface area contributed by atoms with Gasteiger partial charge in [0.05, 0.1) is 0 Å². The molecule has 1 nitrogen and oxygen atoms in total. The van der Waals surface area contributed by atoms with E-state index in [-0.39, 0.29) is 0 Å². The highest BCUT2D eigenvalue weighted by Crippen LogP contribution is 2.29. The molecule has 0 radical (unpaired) electrons. The van der Waals surface area contributed by atoms with E-state index < -0.39 is 0 Å². The Bertz CT molecular complexity index is 360. The maximum Gasteiger partial charge on any atom is 0.0339 e. The van der Waals surface area contributed by atoms with Crippen molar-refractivity contribution in [3.8, 4) is 0 Å². The minimum atomic E-state index is 0.975. The third-order valence-electron chi connectivity index (χ3n) is 2.68. The Balaban J connectivity index is 2.27. The molecule has 0 unspecified atom stereocenters. The Hall–Kier alpha value is -0.860. The highest BCUT2D eigenvalue weighted by atomic mass is 32.1. The van der Waals surface area contributed by atoms with E-state index in [0.29, 0.717) is 0 Å². The molecule has 2 rings (SSSR count). The highest BCUT2D eigenvalue weighted by molar-refractivity contribution is 7.11. The maximum absolute atomic E-state index is 4.18. The van der Waals surface area contributed by atoms with Gasteiger partial charge in [0, 0.05) is 11.4 Å². The summed E-state index contributed by atoms with van der Waals surface area (Å²) in [7, 11) is 0. The average molecular weight is 205 g/mol. The van der Waals surface area contributed by atoms with Crippen LogP contribution in [0.1, 0.15) is 18.2 Å². The minimum absolute atomic E-state index is 0.975. The lowest BCUT2D eigenvalue weighted by Crippen LogP contribution is -2.24. The van der Waals surface area contributed by atoms with Gasteiger partial charge in [-0.25, -0.2) is 0 Å². The van der Waals surface area contributed by atoms with Crippen LogP contribution in [-0.4, -0.2) is 13.1 Å².